The molecular formula is C20H27NO2S. The van der Waals surface area contributed by atoms with Crippen molar-refractivity contribution in [1.82, 2.24) is 4.90 Å². The number of benzene rings is 1. The Bertz CT molecular complexity index is 650. The molecule has 1 unspecified atom stereocenters. The highest BCUT2D eigenvalue weighted by Gasteiger charge is 2.31. The Morgan fingerprint density at radius 3 is 2.92 bits per heavy atom. The Hall–Kier alpha value is -0.940. The maximum atomic E-state index is 6.40. The molecule has 4 rings (SSSR count). The van der Waals surface area contributed by atoms with E-state index in [0.29, 0.717) is 12.1 Å². The summed E-state index contributed by atoms with van der Waals surface area (Å²) in [6.45, 7) is 4.73. The molecule has 1 aliphatic heterocycles. The van der Waals surface area contributed by atoms with Gasteiger partial charge in [-0.1, -0.05) is 25.0 Å². The van der Waals surface area contributed by atoms with Gasteiger partial charge in [0.15, 0.2) is 0 Å². The van der Waals surface area contributed by atoms with Gasteiger partial charge in [-0.05, 0) is 47.7 Å². The van der Waals surface area contributed by atoms with Crippen molar-refractivity contribution in [2.45, 2.75) is 44.2 Å². The number of rotatable bonds is 5. The van der Waals surface area contributed by atoms with Gasteiger partial charge in [-0.15, -0.1) is 11.3 Å². The fourth-order valence-corrected chi connectivity index (χ4v) is 5.03. The van der Waals surface area contributed by atoms with Crippen molar-refractivity contribution in [2.24, 2.45) is 0 Å². The van der Waals surface area contributed by atoms with Crippen LogP contribution in [0.5, 0.6) is 0 Å². The maximum Gasteiger partial charge on any atom is 0.0730 e. The second kappa shape index (κ2) is 7.96. The first kappa shape index (κ1) is 16.5. The van der Waals surface area contributed by atoms with Crippen LogP contribution in [-0.2, 0) is 15.9 Å². The number of morpholine rings is 1. The lowest BCUT2D eigenvalue weighted by molar-refractivity contribution is -0.0647. The zero-order chi connectivity index (χ0) is 16.2. The number of hydrogen-bond acceptors (Lipinski definition) is 4. The Balaban J connectivity index is 1.36. The fraction of sp³-hybridized carbons (Fsp3) is 0.600. The average molecular weight is 346 g/mol. The van der Waals surface area contributed by atoms with E-state index in [9.17, 15) is 0 Å². The van der Waals surface area contributed by atoms with Gasteiger partial charge in [-0.3, -0.25) is 4.90 Å². The zero-order valence-electron chi connectivity index (χ0n) is 14.3. The topological polar surface area (TPSA) is 21.7 Å². The van der Waals surface area contributed by atoms with Crippen LogP contribution in [0.3, 0.4) is 0 Å². The summed E-state index contributed by atoms with van der Waals surface area (Å²) in [5, 5.41) is 3.59. The van der Waals surface area contributed by atoms with Crippen molar-refractivity contribution >= 4 is 21.4 Å². The molecule has 2 aliphatic rings. The lowest BCUT2D eigenvalue weighted by atomic mass is 9.91. The Kier molecular flexibility index (Phi) is 5.48. The molecule has 0 spiro atoms. The third-order valence-corrected chi connectivity index (χ3v) is 6.35. The number of ether oxygens (including phenoxy) is 2. The van der Waals surface area contributed by atoms with E-state index >= 15 is 0 Å². The molecule has 3 nitrogen and oxygen atoms in total. The van der Waals surface area contributed by atoms with E-state index in [1.165, 1.54) is 41.3 Å². The molecule has 0 radical (unpaired) electrons. The predicted molar refractivity (Wildman–Crippen MR) is 99.9 cm³/mol. The van der Waals surface area contributed by atoms with Gasteiger partial charge in [-0.25, -0.2) is 0 Å². The highest BCUT2D eigenvalue weighted by Crippen LogP contribution is 2.28. The number of hydrogen-bond donors (Lipinski definition) is 0. The second-order valence-electron chi connectivity index (χ2n) is 6.91. The quantitative estimate of drug-likeness (QED) is 0.814. The van der Waals surface area contributed by atoms with Gasteiger partial charge < -0.3 is 9.47 Å². The highest BCUT2D eigenvalue weighted by molar-refractivity contribution is 7.17. The standard InChI is InChI=1S/C20H27NO2S/c1-2-6-19(18(5-1)21-10-13-22-14-11-21)23-12-8-16-4-3-7-20-17(16)9-15-24-20/h3-4,7,9,15,18-19H,1-2,5-6,8,10-14H2/t18?,19-/m0/s1. The molecule has 1 aromatic heterocycles. The van der Waals surface area contributed by atoms with Crippen LogP contribution in [0.1, 0.15) is 31.2 Å². The van der Waals surface area contributed by atoms with Crippen LogP contribution < -0.4 is 0 Å². The molecule has 130 valence electrons. The fourth-order valence-electron chi connectivity index (χ4n) is 4.19. The molecule has 1 aromatic carbocycles. The Morgan fingerprint density at radius 1 is 1.12 bits per heavy atom. The van der Waals surface area contributed by atoms with E-state index in [1.807, 2.05) is 11.3 Å². The Morgan fingerprint density at radius 2 is 2.00 bits per heavy atom. The van der Waals surface area contributed by atoms with Crippen molar-refractivity contribution < 1.29 is 9.47 Å². The highest BCUT2D eigenvalue weighted by atomic mass is 32.1. The van der Waals surface area contributed by atoms with Crippen molar-refractivity contribution in [2.75, 3.05) is 32.9 Å². The van der Waals surface area contributed by atoms with Crippen LogP contribution in [0.25, 0.3) is 10.1 Å². The van der Waals surface area contributed by atoms with Crippen LogP contribution >= 0.6 is 11.3 Å². The maximum absolute atomic E-state index is 6.40. The summed E-state index contributed by atoms with van der Waals surface area (Å²) >= 11 is 1.82. The zero-order valence-corrected chi connectivity index (χ0v) is 15.1. The number of fused-ring (bicyclic) bond motifs is 1. The van der Waals surface area contributed by atoms with Gasteiger partial charge in [-0.2, -0.15) is 0 Å². The molecule has 2 fully saturated rings. The van der Waals surface area contributed by atoms with Crippen LogP contribution in [0.4, 0.5) is 0 Å². The van der Waals surface area contributed by atoms with Gasteiger partial charge in [0.1, 0.15) is 0 Å². The molecule has 24 heavy (non-hydrogen) atoms. The van der Waals surface area contributed by atoms with Crippen LogP contribution in [0, 0.1) is 0 Å². The van der Waals surface area contributed by atoms with Crippen LogP contribution in [0.15, 0.2) is 29.6 Å². The molecule has 1 saturated heterocycles. The summed E-state index contributed by atoms with van der Waals surface area (Å²) in [5.74, 6) is 0. The van der Waals surface area contributed by atoms with Gasteiger partial charge in [0.25, 0.3) is 0 Å². The van der Waals surface area contributed by atoms with E-state index in [0.717, 1.165) is 39.3 Å². The molecular weight excluding hydrogens is 318 g/mol. The minimum absolute atomic E-state index is 0.401. The van der Waals surface area contributed by atoms with Crippen molar-refractivity contribution in [1.29, 1.82) is 0 Å². The predicted octanol–water partition coefficient (Wildman–Crippen LogP) is 4.10. The van der Waals surface area contributed by atoms with Crippen molar-refractivity contribution in [3.8, 4) is 0 Å². The molecule has 1 saturated carbocycles. The van der Waals surface area contributed by atoms with Gasteiger partial charge in [0, 0.05) is 23.8 Å². The molecule has 0 bridgehead atoms. The minimum atomic E-state index is 0.401. The van der Waals surface area contributed by atoms with Crippen molar-refractivity contribution in [3.63, 3.8) is 0 Å². The Labute approximate surface area is 148 Å². The first-order valence-electron chi connectivity index (χ1n) is 9.30. The van der Waals surface area contributed by atoms with E-state index < -0.39 is 0 Å². The molecule has 2 atom stereocenters. The summed E-state index contributed by atoms with van der Waals surface area (Å²) in [7, 11) is 0. The number of thiophene rings is 1. The average Bonchev–Trinajstić information content (AvgIpc) is 3.12. The largest absolute Gasteiger partial charge is 0.379 e. The first-order valence-corrected chi connectivity index (χ1v) is 10.2. The van der Waals surface area contributed by atoms with Crippen molar-refractivity contribution in [3.05, 3.63) is 35.2 Å². The summed E-state index contributed by atoms with van der Waals surface area (Å²) < 4.78 is 13.3. The molecule has 0 N–H and O–H groups in total. The van der Waals surface area contributed by atoms with Gasteiger partial charge >= 0.3 is 0 Å². The molecule has 2 heterocycles. The van der Waals surface area contributed by atoms with E-state index in [1.54, 1.807) is 0 Å². The lowest BCUT2D eigenvalue weighted by Gasteiger charge is -2.41. The molecule has 4 heteroatoms. The smallest absolute Gasteiger partial charge is 0.0730 e. The second-order valence-corrected chi connectivity index (χ2v) is 7.86. The van der Waals surface area contributed by atoms with E-state index in [2.05, 4.69) is 34.5 Å². The number of nitrogens with zero attached hydrogens (tertiary/aromatic N) is 1. The minimum Gasteiger partial charge on any atom is -0.379 e. The SMILES string of the molecule is c1cc(CCO[C@H]2CCCCC2N2CCOCC2)c2ccsc2c1. The monoisotopic (exact) mass is 345 g/mol. The lowest BCUT2D eigenvalue weighted by Crippen LogP contribution is -2.51. The van der Waals surface area contributed by atoms with Crippen LogP contribution in [-0.4, -0.2) is 50.0 Å². The molecule has 1 aliphatic carbocycles. The van der Waals surface area contributed by atoms with E-state index in [4.69, 9.17) is 9.47 Å². The third kappa shape index (κ3) is 3.67. The van der Waals surface area contributed by atoms with Gasteiger partial charge in [0.2, 0.25) is 0 Å². The van der Waals surface area contributed by atoms with E-state index in [-0.39, 0.29) is 0 Å². The normalized spacial score (nSPS) is 26.0. The summed E-state index contributed by atoms with van der Waals surface area (Å²) in [4.78, 5) is 2.60. The van der Waals surface area contributed by atoms with Crippen LogP contribution in [0.2, 0.25) is 0 Å². The summed E-state index contributed by atoms with van der Waals surface area (Å²) in [6.07, 6.45) is 6.57. The summed E-state index contributed by atoms with van der Waals surface area (Å²) in [6, 6.07) is 9.47. The summed E-state index contributed by atoms with van der Waals surface area (Å²) in [5.41, 5.74) is 1.42. The third-order valence-electron chi connectivity index (χ3n) is 5.47. The van der Waals surface area contributed by atoms with Gasteiger partial charge in [0.05, 0.1) is 25.9 Å². The molecule has 2 aromatic rings. The molecule has 0 amide bonds. The first-order chi connectivity index (χ1) is 11.9.